The number of carboxylic acid groups (broad SMARTS) is 1. The summed E-state index contributed by atoms with van der Waals surface area (Å²) in [6, 6.07) is 13.3. The van der Waals surface area contributed by atoms with Crippen molar-refractivity contribution in [1.29, 1.82) is 0 Å². The van der Waals surface area contributed by atoms with E-state index in [9.17, 15) is 27.9 Å². The first-order valence-corrected chi connectivity index (χ1v) is 10.9. The predicted octanol–water partition coefficient (Wildman–Crippen LogP) is 5.37. The molecule has 1 saturated heterocycles. The van der Waals surface area contributed by atoms with Gasteiger partial charge in [0, 0.05) is 18.1 Å². The highest BCUT2D eigenvalue weighted by Crippen LogP contribution is 2.36. The van der Waals surface area contributed by atoms with Crippen molar-refractivity contribution in [2.75, 3.05) is 0 Å². The van der Waals surface area contributed by atoms with E-state index in [1.807, 2.05) is 0 Å². The van der Waals surface area contributed by atoms with Crippen LogP contribution in [0.4, 0.5) is 13.2 Å². The summed E-state index contributed by atoms with van der Waals surface area (Å²) in [5.41, 5.74) is -0.185. The van der Waals surface area contributed by atoms with Gasteiger partial charge in [0.05, 0.1) is 10.6 Å². The van der Waals surface area contributed by atoms with E-state index in [0.29, 0.717) is 5.56 Å². The molecule has 2 N–H and O–H groups in total. The summed E-state index contributed by atoms with van der Waals surface area (Å²) >= 11 is 11.3. The molecule has 1 aliphatic rings. The Morgan fingerprint density at radius 1 is 1.17 bits per heavy atom. The highest BCUT2D eigenvalue weighted by atomic mass is 35.5. The SMILES string of the molecule is O=C(O)[C@H](Cc1ccccc1)N1C(=O)/C(=C\c2ccc(-c3cc(C(F)(F)F)ccc3Cl)o2)NC1=S. The van der Waals surface area contributed by atoms with Crippen LogP contribution >= 0.6 is 23.8 Å². The minimum Gasteiger partial charge on any atom is -0.480 e. The van der Waals surface area contributed by atoms with Crippen LogP contribution in [-0.4, -0.2) is 33.0 Å². The fraction of sp³-hybridized carbons (Fsp3) is 0.125. The summed E-state index contributed by atoms with van der Waals surface area (Å²) in [5.74, 6) is -1.71. The molecule has 2 heterocycles. The van der Waals surface area contributed by atoms with Crippen LogP contribution in [0.3, 0.4) is 0 Å². The van der Waals surface area contributed by atoms with Crippen LogP contribution in [0.1, 0.15) is 16.9 Å². The van der Waals surface area contributed by atoms with Gasteiger partial charge in [-0.25, -0.2) is 4.79 Å². The number of carbonyl (C=O) groups is 2. The quantitative estimate of drug-likeness (QED) is 0.336. The number of benzene rings is 2. The number of nitrogens with one attached hydrogen (secondary N) is 1. The summed E-state index contributed by atoms with van der Waals surface area (Å²) in [6.07, 6.45) is -3.23. The Hall–Kier alpha value is -3.63. The van der Waals surface area contributed by atoms with Gasteiger partial charge in [0.15, 0.2) is 5.11 Å². The first kappa shape index (κ1) is 24.5. The Morgan fingerprint density at radius 2 is 1.89 bits per heavy atom. The minimum atomic E-state index is -4.56. The summed E-state index contributed by atoms with van der Waals surface area (Å²) in [4.78, 5) is 25.9. The fourth-order valence-corrected chi connectivity index (χ4v) is 4.10. The number of alkyl halides is 3. The lowest BCUT2D eigenvalue weighted by Gasteiger charge is -2.22. The van der Waals surface area contributed by atoms with Crippen molar-refractivity contribution in [2.45, 2.75) is 18.6 Å². The van der Waals surface area contributed by atoms with Crippen LogP contribution in [0.25, 0.3) is 17.4 Å². The second-order valence-electron chi connectivity index (χ2n) is 7.60. The van der Waals surface area contributed by atoms with E-state index < -0.39 is 29.7 Å². The van der Waals surface area contributed by atoms with Crippen LogP contribution < -0.4 is 5.32 Å². The number of carboxylic acids is 1. The van der Waals surface area contributed by atoms with Crippen molar-refractivity contribution in [3.63, 3.8) is 0 Å². The normalized spacial score (nSPS) is 16.0. The topological polar surface area (TPSA) is 82.8 Å². The highest BCUT2D eigenvalue weighted by molar-refractivity contribution is 7.80. The summed E-state index contributed by atoms with van der Waals surface area (Å²) in [6.45, 7) is 0. The molecule has 0 spiro atoms. The summed E-state index contributed by atoms with van der Waals surface area (Å²) < 4.78 is 44.8. The highest BCUT2D eigenvalue weighted by Gasteiger charge is 2.40. The van der Waals surface area contributed by atoms with Crippen molar-refractivity contribution >= 4 is 46.9 Å². The van der Waals surface area contributed by atoms with E-state index in [-0.39, 0.29) is 39.3 Å². The monoisotopic (exact) mass is 520 g/mol. The Morgan fingerprint density at radius 3 is 2.54 bits per heavy atom. The average molecular weight is 521 g/mol. The standard InChI is InChI=1S/C24H16ClF3N2O4S/c25-17-8-6-14(24(26,27)28)11-16(17)20-9-7-15(34-20)12-18-21(31)30(23(35)29-18)19(22(32)33)10-13-4-2-1-3-5-13/h1-9,11-12,19H,10H2,(H,29,35)(H,32,33)/b18-12+/t19-/m0/s1. The van der Waals surface area contributed by atoms with Crippen LogP contribution in [0.5, 0.6) is 0 Å². The van der Waals surface area contributed by atoms with E-state index >= 15 is 0 Å². The lowest BCUT2D eigenvalue weighted by atomic mass is 10.0. The molecule has 0 bridgehead atoms. The van der Waals surface area contributed by atoms with E-state index in [2.05, 4.69) is 5.32 Å². The molecule has 1 aromatic heterocycles. The lowest BCUT2D eigenvalue weighted by Crippen LogP contribution is -2.46. The lowest BCUT2D eigenvalue weighted by molar-refractivity contribution is -0.145. The molecule has 0 radical (unpaired) electrons. The maximum Gasteiger partial charge on any atom is 0.416 e. The maximum absolute atomic E-state index is 13.1. The number of hydrogen-bond donors (Lipinski definition) is 2. The number of aliphatic carboxylic acids is 1. The average Bonchev–Trinajstić information content (AvgIpc) is 3.36. The molecule has 1 fully saturated rings. The predicted molar refractivity (Wildman–Crippen MR) is 126 cm³/mol. The Bertz CT molecular complexity index is 1340. The van der Waals surface area contributed by atoms with Crippen LogP contribution in [0.2, 0.25) is 5.02 Å². The first-order chi connectivity index (χ1) is 16.5. The smallest absolute Gasteiger partial charge is 0.416 e. The third kappa shape index (κ3) is 5.23. The first-order valence-electron chi connectivity index (χ1n) is 10.1. The Labute approximate surface area is 207 Å². The third-order valence-electron chi connectivity index (χ3n) is 5.25. The van der Waals surface area contributed by atoms with Crippen molar-refractivity contribution in [3.8, 4) is 11.3 Å². The molecule has 0 aliphatic carbocycles. The van der Waals surface area contributed by atoms with E-state index in [0.717, 1.165) is 23.1 Å². The molecule has 0 unspecified atom stereocenters. The maximum atomic E-state index is 13.1. The number of carbonyl (C=O) groups excluding carboxylic acids is 1. The molecule has 11 heteroatoms. The van der Waals surface area contributed by atoms with Gasteiger partial charge in [-0.2, -0.15) is 13.2 Å². The van der Waals surface area contributed by atoms with Crippen LogP contribution in [0.15, 0.2) is 70.8 Å². The number of rotatable bonds is 6. The number of thiocarbonyl (C=S) groups is 1. The zero-order chi connectivity index (χ0) is 25.3. The molecule has 1 atom stereocenters. The van der Waals surface area contributed by atoms with Gasteiger partial charge < -0.3 is 14.8 Å². The van der Waals surface area contributed by atoms with Gasteiger partial charge in [-0.1, -0.05) is 41.9 Å². The van der Waals surface area contributed by atoms with Crippen molar-refractivity contribution in [2.24, 2.45) is 0 Å². The Balaban J connectivity index is 1.60. The van der Waals surface area contributed by atoms with E-state index in [1.165, 1.54) is 18.2 Å². The van der Waals surface area contributed by atoms with Crippen molar-refractivity contribution in [1.82, 2.24) is 10.2 Å². The van der Waals surface area contributed by atoms with E-state index in [1.54, 1.807) is 30.3 Å². The molecule has 35 heavy (non-hydrogen) atoms. The molecule has 2 aromatic carbocycles. The van der Waals surface area contributed by atoms with Gasteiger partial charge in [-0.3, -0.25) is 9.69 Å². The molecule has 1 amide bonds. The van der Waals surface area contributed by atoms with E-state index in [4.69, 9.17) is 28.2 Å². The second kappa shape index (κ2) is 9.55. The third-order valence-corrected chi connectivity index (χ3v) is 5.88. The zero-order valence-corrected chi connectivity index (χ0v) is 19.2. The second-order valence-corrected chi connectivity index (χ2v) is 8.40. The largest absolute Gasteiger partial charge is 0.480 e. The van der Waals surface area contributed by atoms with Crippen LogP contribution in [-0.2, 0) is 22.2 Å². The number of amides is 1. The number of nitrogens with zero attached hydrogens (tertiary/aromatic N) is 1. The number of halogens is 4. The molecule has 6 nitrogen and oxygen atoms in total. The minimum absolute atomic E-state index is 0.0304. The summed E-state index contributed by atoms with van der Waals surface area (Å²) in [7, 11) is 0. The molecular formula is C24H16ClF3N2O4S. The van der Waals surface area contributed by atoms with Gasteiger partial charge in [-0.15, -0.1) is 0 Å². The molecular weight excluding hydrogens is 505 g/mol. The van der Waals surface area contributed by atoms with Gasteiger partial charge in [0.25, 0.3) is 5.91 Å². The molecule has 1 aliphatic heterocycles. The van der Waals surface area contributed by atoms with Crippen LogP contribution in [0, 0.1) is 0 Å². The molecule has 0 saturated carbocycles. The van der Waals surface area contributed by atoms with Crippen molar-refractivity contribution in [3.05, 3.63) is 88.3 Å². The molecule has 4 rings (SSSR count). The number of hydrogen-bond acceptors (Lipinski definition) is 4. The molecule has 3 aromatic rings. The van der Waals surface area contributed by atoms with Gasteiger partial charge in [-0.05, 0) is 48.1 Å². The zero-order valence-electron chi connectivity index (χ0n) is 17.7. The van der Waals surface area contributed by atoms with Gasteiger partial charge in [0.2, 0.25) is 0 Å². The Kier molecular flexibility index (Phi) is 6.68. The number of furan rings is 1. The molecule has 180 valence electrons. The fourth-order valence-electron chi connectivity index (χ4n) is 3.57. The summed E-state index contributed by atoms with van der Waals surface area (Å²) in [5, 5.41) is 12.4. The van der Waals surface area contributed by atoms with Crippen molar-refractivity contribution < 1.29 is 32.3 Å². The van der Waals surface area contributed by atoms with Gasteiger partial charge in [0.1, 0.15) is 23.3 Å². The van der Waals surface area contributed by atoms with Gasteiger partial charge >= 0.3 is 12.1 Å².